The molecule has 1 aromatic carbocycles. The summed E-state index contributed by atoms with van der Waals surface area (Å²) in [5, 5.41) is 6.42. The van der Waals surface area contributed by atoms with Gasteiger partial charge in [0.15, 0.2) is 0 Å². The quantitative estimate of drug-likeness (QED) is 0.895. The number of fused-ring (bicyclic) bond motifs is 1. The van der Waals surface area contributed by atoms with Crippen LogP contribution in [-0.4, -0.2) is 19.0 Å². The molecule has 1 atom stereocenters. The van der Waals surface area contributed by atoms with E-state index in [1.165, 1.54) is 24.5 Å². The minimum Gasteiger partial charge on any atom is -0.349 e. The number of halogens is 1. The molecule has 0 spiro atoms. The maximum Gasteiger partial charge on any atom is 0.220 e. The Bertz CT molecular complexity index is 512. The lowest BCUT2D eigenvalue weighted by Gasteiger charge is -2.22. The van der Waals surface area contributed by atoms with Crippen molar-refractivity contribution >= 4 is 5.91 Å². The van der Waals surface area contributed by atoms with Gasteiger partial charge in [-0.3, -0.25) is 4.79 Å². The predicted octanol–water partition coefficient (Wildman–Crippen LogP) is 2.71. The number of piperidine rings is 1. The van der Waals surface area contributed by atoms with Crippen molar-refractivity contribution in [3.63, 3.8) is 0 Å². The summed E-state index contributed by atoms with van der Waals surface area (Å²) >= 11 is 0. The lowest BCUT2D eigenvalue weighted by atomic mass is 9.93. The minimum atomic E-state index is -0.218. The van der Waals surface area contributed by atoms with Gasteiger partial charge in [-0.25, -0.2) is 4.39 Å². The zero-order chi connectivity index (χ0) is 14.7. The second kappa shape index (κ2) is 6.56. The van der Waals surface area contributed by atoms with Crippen LogP contribution in [0.4, 0.5) is 4.39 Å². The van der Waals surface area contributed by atoms with Crippen LogP contribution in [0.1, 0.15) is 49.3 Å². The highest BCUT2D eigenvalue weighted by atomic mass is 19.1. The van der Waals surface area contributed by atoms with E-state index >= 15 is 0 Å². The molecule has 4 heteroatoms. The van der Waals surface area contributed by atoms with E-state index in [9.17, 15) is 9.18 Å². The van der Waals surface area contributed by atoms with Crippen molar-refractivity contribution in [1.29, 1.82) is 0 Å². The summed E-state index contributed by atoms with van der Waals surface area (Å²) in [5.74, 6) is 0.561. The molecule has 2 aliphatic rings. The first-order valence-corrected chi connectivity index (χ1v) is 8.01. The van der Waals surface area contributed by atoms with Crippen LogP contribution >= 0.6 is 0 Å². The van der Waals surface area contributed by atoms with Gasteiger partial charge >= 0.3 is 0 Å². The van der Waals surface area contributed by atoms with Crippen LogP contribution in [0.2, 0.25) is 0 Å². The second-order valence-electron chi connectivity index (χ2n) is 6.23. The molecule has 1 saturated heterocycles. The number of benzene rings is 1. The molecule has 1 unspecified atom stereocenters. The number of rotatable bonds is 4. The fourth-order valence-electron chi connectivity index (χ4n) is 3.50. The van der Waals surface area contributed by atoms with Crippen molar-refractivity contribution in [3.05, 3.63) is 35.1 Å². The number of nitrogens with one attached hydrogen (secondary N) is 2. The number of aryl methyl sites for hydroxylation is 1. The average molecular weight is 290 g/mol. The third kappa shape index (κ3) is 3.62. The lowest BCUT2D eigenvalue weighted by Crippen LogP contribution is -2.30. The zero-order valence-electron chi connectivity index (χ0n) is 12.3. The highest BCUT2D eigenvalue weighted by Crippen LogP contribution is 2.31. The molecule has 2 N–H and O–H groups in total. The van der Waals surface area contributed by atoms with Crippen LogP contribution in [0.15, 0.2) is 18.2 Å². The van der Waals surface area contributed by atoms with Crippen molar-refractivity contribution in [2.45, 2.75) is 44.6 Å². The van der Waals surface area contributed by atoms with E-state index in [1.807, 2.05) is 6.07 Å². The Morgan fingerprint density at radius 1 is 1.29 bits per heavy atom. The Morgan fingerprint density at radius 3 is 2.90 bits per heavy atom. The SMILES string of the molecule is O=C(CCC1CCNCC1)NC1CCc2ccc(F)cc21. The van der Waals surface area contributed by atoms with Crippen molar-refractivity contribution in [2.75, 3.05) is 13.1 Å². The van der Waals surface area contributed by atoms with E-state index < -0.39 is 0 Å². The van der Waals surface area contributed by atoms with Gasteiger partial charge in [0, 0.05) is 6.42 Å². The summed E-state index contributed by atoms with van der Waals surface area (Å²) < 4.78 is 13.3. The first-order chi connectivity index (χ1) is 10.2. The largest absolute Gasteiger partial charge is 0.349 e. The van der Waals surface area contributed by atoms with E-state index in [1.54, 1.807) is 6.07 Å². The van der Waals surface area contributed by atoms with Gasteiger partial charge in [0.05, 0.1) is 6.04 Å². The molecule has 1 aliphatic carbocycles. The number of carbonyl (C=O) groups excluding carboxylic acids is 1. The minimum absolute atomic E-state index is 0.00350. The maximum absolute atomic E-state index is 13.3. The smallest absolute Gasteiger partial charge is 0.220 e. The molecule has 0 aromatic heterocycles. The number of amides is 1. The van der Waals surface area contributed by atoms with Gasteiger partial charge < -0.3 is 10.6 Å². The Labute approximate surface area is 125 Å². The highest BCUT2D eigenvalue weighted by molar-refractivity contribution is 5.76. The fraction of sp³-hybridized carbons (Fsp3) is 0.588. The van der Waals surface area contributed by atoms with Crippen molar-refractivity contribution in [3.8, 4) is 0 Å². The molecule has 3 rings (SSSR count). The van der Waals surface area contributed by atoms with Gasteiger partial charge in [0.2, 0.25) is 5.91 Å². The standard InChI is InChI=1S/C17H23FN2O/c18-14-4-2-13-3-5-16(15(13)11-14)20-17(21)6-1-12-7-9-19-10-8-12/h2,4,11-12,16,19H,1,3,5-10H2,(H,20,21). The molecule has 1 aliphatic heterocycles. The van der Waals surface area contributed by atoms with Gasteiger partial charge in [-0.05, 0) is 74.4 Å². The van der Waals surface area contributed by atoms with Crippen LogP contribution in [-0.2, 0) is 11.2 Å². The Morgan fingerprint density at radius 2 is 2.10 bits per heavy atom. The average Bonchev–Trinajstić information content (AvgIpc) is 2.88. The van der Waals surface area contributed by atoms with Gasteiger partial charge in [-0.1, -0.05) is 6.07 Å². The van der Waals surface area contributed by atoms with Crippen LogP contribution in [0.3, 0.4) is 0 Å². The Balaban J connectivity index is 1.51. The molecule has 3 nitrogen and oxygen atoms in total. The molecule has 0 radical (unpaired) electrons. The predicted molar refractivity (Wildman–Crippen MR) is 80.4 cm³/mol. The van der Waals surface area contributed by atoms with Gasteiger partial charge in [-0.2, -0.15) is 0 Å². The zero-order valence-corrected chi connectivity index (χ0v) is 12.3. The molecule has 0 bridgehead atoms. The maximum atomic E-state index is 13.3. The summed E-state index contributed by atoms with van der Waals surface area (Å²) in [4.78, 5) is 12.1. The molecule has 1 aromatic rings. The molecule has 1 heterocycles. The summed E-state index contributed by atoms with van der Waals surface area (Å²) in [5.41, 5.74) is 2.13. The van der Waals surface area contributed by atoms with E-state index in [0.717, 1.165) is 37.9 Å². The number of hydrogen-bond acceptors (Lipinski definition) is 2. The van der Waals surface area contributed by atoms with Crippen molar-refractivity contribution < 1.29 is 9.18 Å². The molecular formula is C17H23FN2O. The first-order valence-electron chi connectivity index (χ1n) is 8.01. The van der Waals surface area contributed by atoms with E-state index in [4.69, 9.17) is 0 Å². The molecule has 0 saturated carbocycles. The van der Waals surface area contributed by atoms with Crippen molar-refractivity contribution in [1.82, 2.24) is 10.6 Å². The molecule has 1 amide bonds. The molecule has 21 heavy (non-hydrogen) atoms. The second-order valence-corrected chi connectivity index (χ2v) is 6.23. The van der Waals surface area contributed by atoms with Crippen LogP contribution in [0, 0.1) is 11.7 Å². The van der Waals surface area contributed by atoms with E-state index in [0.29, 0.717) is 12.3 Å². The van der Waals surface area contributed by atoms with Crippen LogP contribution in [0.25, 0.3) is 0 Å². The molecule has 114 valence electrons. The summed E-state index contributed by atoms with van der Waals surface area (Å²) in [6, 6.07) is 4.91. The topological polar surface area (TPSA) is 41.1 Å². The first kappa shape index (κ1) is 14.5. The number of carbonyl (C=O) groups is 1. The summed E-state index contributed by atoms with van der Waals surface area (Å²) in [7, 11) is 0. The van der Waals surface area contributed by atoms with Gasteiger partial charge in [0.1, 0.15) is 5.82 Å². The third-order valence-corrected chi connectivity index (χ3v) is 4.76. The van der Waals surface area contributed by atoms with Gasteiger partial charge in [0.25, 0.3) is 0 Å². The Hall–Kier alpha value is -1.42. The molecule has 1 fully saturated rings. The Kier molecular flexibility index (Phi) is 4.54. The normalized spacial score (nSPS) is 22.0. The van der Waals surface area contributed by atoms with Gasteiger partial charge in [-0.15, -0.1) is 0 Å². The number of hydrogen-bond donors (Lipinski definition) is 2. The van der Waals surface area contributed by atoms with Crippen LogP contribution in [0.5, 0.6) is 0 Å². The summed E-state index contributed by atoms with van der Waals surface area (Å²) in [6.07, 6.45) is 5.71. The molecular weight excluding hydrogens is 267 g/mol. The summed E-state index contributed by atoms with van der Waals surface area (Å²) in [6.45, 7) is 2.14. The van der Waals surface area contributed by atoms with E-state index in [-0.39, 0.29) is 17.8 Å². The third-order valence-electron chi connectivity index (χ3n) is 4.76. The van der Waals surface area contributed by atoms with Crippen LogP contribution < -0.4 is 10.6 Å². The van der Waals surface area contributed by atoms with Crippen molar-refractivity contribution in [2.24, 2.45) is 5.92 Å². The highest BCUT2D eigenvalue weighted by Gasteiger charge is 2.24. The fourth-order valence-corrected chi connectivity index (χ4v) is 3.50. The lowest BCUT2D eigenvalue weighted by molar-refractivity contribution is -0.122. The van der Waals surface area contributed by atoms with E-state index in [2.05, 4.69) is 10.6 Å². The monoisotopic (exact) mass is 290 g/mol.